The summed E-state index contributed by atoms with van der Waals surface area (Å²) in [6, 6.07) is 32.8. The standard InChI is InChI=1S/C38H33N3O5S2/c1-3-46-38(45)34-31(27-19-17-25(2)18-20-27)23-48-37(34)41-33(42)24-47-30-16-10-15-29(22-30)39-36(44)32(21-26-11-6-4-7-12-26)40-35(43)28-13-8-5-9-14-28/h4-23H,3,24H2,1-2H3,(H,39,44)(H,40,43)(H,41,42)/b32-21-. The minimum absolute atomic E-state index is 0.0592. The summed E-state index contributed by atoms with van der Waals surface area (Å²) in [6.45, 7) is 3.94. The molecule has 1 heterocycles. The quantitative estimate of drug-likeness (QED) is 0.0701. The Balaban J connectivity index is 1.26. The maximum atomic E-state index is 13.4. The minimum Gasteiger partial charge on any atom is -0.462 e. The molecule has 10 heteroatoms. The summed E-state index contributed by atoms with van der Waals surface area (Å²) >= 11 is 2.55. The van der Waals surface area contributed by atoms with E-state index in [4.69, 9.17) is 4.74 Å². The zero-order valence-corrected chi connectivity index (χ0v) is 28.0. The number of thioether (sulfide) groups is 1. The van der Waals surface area contributed by atoms with Gasteiger partial charge in [-0.1, -0.05) is 84.4 Å². The molecule has 0 bridgehead atoms. The number of carbonyl (C=O) groups is 4. The van der Waals surface area contributed by atoms with E-state index in [0.717, 1.165) is 21.6 Å². The molecule has 0 unspecified atom stereocenters. The fourth-order valence-electron chi connectivity index (χ4n) is 4.63. The van der Waals surface area contributed by atoms with Crippen molar-refractivity contribution in [3.63, 3.8) is 0 Å². The molecule has 48 heavy (non-hydrogen) atoms. The summed E-state index contributed by atoms with van der Waals surface area (Å²) in [6.07, 6.45) is 1.61. The van der Waals surface area contributed by atoms with Crippen molar-refractivity contribution in [3.05, 3.63) is 143 Å². The number of thiophene rings is 1. The maximum Gasteiger partial charge on any atom is 0.341 e. The average molecular weight is 676 g/mol. The first kappa shape index (κ1) is 33.9. The van der Waals surface area contributed by atoms with E-state index in [2.05, 4.69) is 16.0 Å². The van der Waals surface area contributed by atoms with E-state index in [9.17, 15) is 19.2 Å². The number of rotatable bonds is 12. The summed E-state index contributed by atoms with van der Waals surface area (Å²) in [5.41, 5.74) is 4.71. The summed E-state index contributed by atoms with van der Waals surface area (Å²) in [7, 11) is 0. The second kappa shape index (κ2) is 16.4. The number of amides is 3. The molecule has 3 amide bonds. The van der Waals surface area contributed by atoms with Gasteiger partial charge in [0, 0.05) is 27.1 Å². The molecule has 0 saturated carbocycles. The number of hydrogen-bond acceptors (Lipinski definition) is 7. The first-order valence-corrected chi connectivity index (χ1v) is 17.0. The molecular weight excluding hydrogens is 643 g/mol. The molecule has 242 valence electrons. The van der Waals surface area contributed by atoms with Gasteiger partial charge in [0.15, 0.2) is 0 Å². The van der Waals surface area contributed by atoms with Gasteiger partial charge in [0.1, 0.15) is 16.3 Å². The minimum atomic E-state index is -0.503. The van der Waals surface area contributed by atoms with Crippen molar-refractivity contribution in [3.8, 4) is 11.1 Å². The molecular formula is C38H33N3O5S2. The predicted octanol–water partition coefficient (Wildman–Crippen LogP) is 8.04. The van der Waals surface area contributed by atoms with Crippen LogP contribution in [0.25, 0.3) is 17.2 Å². The molecule has 0 fully saturated rings. The van der Waals surface area contributed by atoms with Crippen molar-refractivity contribution in [1.29, 1.82) is 0 Å². The fraction of sp³-hybridized carbons (Fsp3) is 0.105. The molecule has 0 spiro atoms. The molecule has 0 aliphatic heterocycles. The van der Waals surface area contributed by atoms with Crippen molar-refractivity contribution in [2.24, 2.45) is 0 Å². The van der Waals surface area contributed by atoms with Crippen LogP contribution >= 0.6 is 23.1 Å². The van der Waals surface area contributed by atoms with Crippen LogP contribution in [0.1, 0.15) is 38.8 Å². The number of carbonyl (C=O) groups excluding carboxylic acids is 4. The van der Waals surface area contributed by atoms with E-state index in [1.807, 2.05) is 79.0 Å². The number of benzene rings is 4. The van der Waals surface area contributed by atoms with Gasteiger partial charge in [0.05, 0.1) is 12.4 Å². The Morgan fingerprint density at radius 1 is 0.833 bits per heavy atom. The van der Waals surface area contributed by atoms with Crippen LogP contribution in [0.5, 0.6) is 0 Å². The van der Waals surface area contributed by atoms with Crippen LogP contribution in [0.15, 0.2) is 125 Å². The normalized spacial score (nSPS) is 11.0. The maximum absolute atomic E-state index is 13.4. The smallest absolute Gasteiger partial charge is 0.341 e. The molecule has 5 rings (SSSR count). The van der Waals surface area contributed by atoms with E-state index in [1.165, 1.54) is 23.1 Å². The van der Waals surface area contributed by atoms with Gasteiger partial charge < -0.3 is 20.7 Å². The predicted molar refractivity (Wildman–Crippen MR) is 193 cm³/mol. The van der Waals surface area contributed by atoms with Gasteiger partial charge in [-0.15, -0.1) is 23.1 Å². The number of ether oxygens (including phenoxy) is 1. The first-order valence-electron chi connectivity index (χ1n) is 15.1. The molecule has 1 aromatic heterocycles. The molecule has 4 aromatic carbocycles. The van der Waals surface area contributed by atoms with Crippen LogP contribution in [0.2, 0.25) is 0 Å². The lowest BCUT2D eigenvalue weighted by Crippen LogP contribution is -2.30. The highest BCUT2D eigenvalue weighted by Gasteiger charge is 2.23. The molecule has 5 aromatic rings. The van der Waals surface area contributed by atoms with Crippen LogP contribution in [0.3, 0.4) is 0 Å². The molecule has 8 nitrogen and oxygen atoms in total. The highest BCUT2D eigenvalue weighted by atomic mass is 32.2. The monoisotopic (exact) mass is 675 g/mol. The Hall–Kier alpha value is -5.45. The average Bonchev–Trinajstić information content (AvgIpc) is 3.51. The summed E-state index contributed by atoms with van der Waals surface area (Å²) in [4.78, 5) is 53.1. The molecule has 0 radical (unpaired) electrons. The van der Waals surface area contributed by atoms with Gasteiger partial charge in [0.25, 0.3) is 11.8 Å². The van der Waals surface area contributed by atoms with Crippen molar-refractivity contribution >= 4 is 63.6 Å². The van der Waals surface area contributed by atoms with E-state index in [1.54, 1.807) is 55.5 Å². The van der Waals surface area contributed by atoms with E-state index >= 15 is 0 Å². The molecule has 0 saturated heterocycles. The van der Waals surface area contributed by atoms with Crippen molar-refractivity contribution in [2.45, 2.75) is 18.7 Å². The van der Waals surface area contributed by atoms with Crippen LogP contribution < -0.4 is 16.0 Å². The summed E-state index contributed by atoms with van der Waals surface area (Å²) in [5.74, 6) is -1.65. The SMILES string of the molecule is CCOC(=O)c1c(-c2ccc(C)cc2)csc1NC(=O)CSc1cccc(NC(=O)/C(=C/c2ccccc2)NC(=O)c2ccccc2)c1. The van der Waals surface area contributed by atoms with Gasteiger partial charge >= 0.3 is 5.97 Å². The molecule has 3 N–H and O–H groups in total. The number of anilines is 2. The fourth-order valence-corrected chi connectivity index (χ4v) is 6.36. The van der Waals surface area contributed by atoms with Crippen LogP contribution in [0.4, 0.5) is 10.7 Å². The number of aryl methyl sites for hydroxylation is 1. The third-order valence-electron chi connectivity index (χ3n) is 6.99. The van der Waals surface area contributed by atoms with Crippen molar-refractivity contribution < 1.29 is 23.9 Å². The van der Waals surface area contributed by atoms with Gasteiger partial charge in [-0.2, -0.15) is 0 Å². The number of hydrogen-bond donors (Lipinski definition) is 3. The van der Waals surface area contributed by atoms with Crippen LogP contribution in [-0.2, 0) is 14.3 Å². The second-order valence-electron chi connectivity index (χ2n) is 10.5. The van der Waals surface area contributed by atoms with Gasteiger partial charge in [-0.3, -0.25) is 14.4 Å². The summed E-state index contributed by atoms with van der Waals surface area (Å²) < 4.78 is 5.31. The van der Waals surface area contributed by atoms with Crippen molar-refractivity contribution in [2.75, 3.05) is 23.0 Å². The largest absolute Gasteiger partial charge is 0.462 e. The molecule has 0 aliphatic carbocycles. The third kappa shape index (κ3) is 9.09. The topological polar surface area (TPSA) is 114 Å². The van der Waals surface area contributed by atoms with Gasteiger partial charge in [-0.25, -0.2) is 4.79 Å². The Kier molecular flexibility index (Phi) is 11.6. The lowest BCUT2D eigenvalue weighted by molar-refractivity contribution is -0.114. The molecule has 0 atom stereocenters. The van der Waals surface area contributed by atoms with E-state index < -0.39 is 17.8 Å². The van der Waals surface area contributed by atoms with Gasteiger partial charge in [0.2, 0.25) is 5.91 Å². The Morgan fingerprint density at radius 3 is 2.25 bits per heavy atom. The second-order valence-corrected chi connectivity index (χ2v) is 12.5. The Bertz CT molecular complexity index is 1940. The summed E-state index contributed by atoms with van der Waals surface area (Å²) in [5, 5.41) is 10.7. The number of nitrogens with one attached hydrogen (secondary N) is 3. The van der Waals surface area contributed by atoms with Crippen LogP contribution in [0, 0.1) is 6.92 Å². The lowest BCUT2D eigenvalue weighted by Gasteiger charge is -2.12. The van der Waals surface area contributed by atoms with E-state index in [-0.39, 0.29) is 24.0 Å². The Labute approximate surface area is 287 Å². The first-order chi connectivity index (χ1) is 23.3. The molecule has 0 aliphatic rings. The lowest BCUT2D eigenvalue weighted by atomic mass is 10.0. The highest BCUT2D eigenvalue weighted by molar-refractivity contribution is 8.00. The van der Waals surface area contributed by atoms with Gasteiger partial charge in [-0.05, 0) is 61.4 Å². The highest BCUT2D eigenvalue weighted by Crippen LogP contribution is 2.36. The third-order valence-corrected chi connectivity index (χ3v) is 8.88. The Morgan fingerprint density at radius 2 is 1.54 bits per heavy atom. The van der Waals surface area contributed by atoms with E-state index in [0.29, 0.717) is 27.4 Å². The zero-order chi connectivity index (χ0) is 33.9. The van der Waals surface area contributed by atoms with Crippen LogP contribution in [-0.4, -0.2) is 36.1 Å². The van der Waals surface area contributed by atoms with Crippen molar-refractivity contribution in [1.82, 2.24) is 5.32 Å². The zero-order valence-electron chi connectivity index (χ0n) is 26.3. The number of esters is 1.